The van der Waals surface area contributed by atoms with Gasteiger partial charge in [0.25, 0.3) is 0 Å². The number of hydrogen-bond donors (Lipinski definition) is 0. The fourth-order valence-electron chi connectivity index (χ4n) is 4.05. The van der Waals surface area contributed by atoms with Crippen molar-refractivity contribution in [1.82, 2.24) is 0 Å². The summed E-state index contributed by atoms with van der Waals surface area (Å²) in [5, 5.41) is 0. The van der Waals surface area contributed by atoms with Crippen molar-refractivity contribution >= 4 is 34.8 Å². The Morgan fingerprint density at radius 2 is 1.10 bits per heavy atom. The van der Waals surface area contributed by atoms with E-state index in [1.807, 2.05) is 0 Å². The van der Waals surface area contributed by atoms with Crippen molar-refractivity contribution in [3.8, 4) is 0 Å². The molecule has 0 bridgehead atoms. The molecule has 0 aliphatic heterocycles. The maximum Gasteiger partial charge on any atom is 0.0643 e. The highest BCUT2D eigenvalue weighted by atomic mass is 32.4. The fraction of sp³-hybridized carbons (Fsp3) is 1.00. The Morgan fingerprint density at radius 3 is 1.59 bits per heavy atom. The summed E-state index contributed by atoms with van der Waals surface area (Å²) in [6.07, 6.45) is 23.4. The summed E-state index contributed by atoms with van der Waals surface area (Å²) in [4.78, 5) is 0. The van der Waals surface area contributed by atoms with E-state index in [0.717, 1.165) is 5.92 Å². The molecule has 0 fully saturated rings. The van der Waals surface area contributed by atoms with E-state index in [-0.39, 0.29) is 7.53 Å². The highest BCUT2D eigenvalue weighted by molar-refractivity contribution is 8.41. The monoisotopic (exact) mass is 484 g/mol. The topological polar surface area (TPSA) is 18.5 Å². The van der Waals surface area contributed by atoms with E-state index >= 15 is 0 Å². The number of unbranched alkanes of at least 4 members (excludes halogenated alkanes) is 7. The van der Waals surface area contributed by atoms with E-state index in [1.165, 1.54) is 109 Å². The van der Waals surface area contributed by atoms with Gasteiger partial charge in [-0.1, -0.05) is 122 Å². The van der Waals surface area contributed by atoms with E-state index in [2.05, 4.69) is 48.1 Å². The van der Waals surface area contributed by atoms with Crippen LogP contribution in [0, 0.1) is 5.92 Å². The van der Waals surface area contributed by atoms with Gasteiger partial charge in [-0.15, -0.1) is 0 Å². The van der Waals surface area contributed by atoms with Gasteiger partial charge in [0.2, 0.25) is 0 Å². The molecular formula is C23H52O2P4. The quantitative estimate of drug-likeness (QED) is 0.112. The van der Waals surface area contributed by atoms with Crippen LogP contribution in [-0.2, 0) is 9.05 Å². The summed E-state index contributed by atoms with van der Waals surface area (Å²) in [6, 6.07) is 0. The lowest BCUT2D eigenvalue weighted by Crippen LogP contribution is -2.08. The van der Waals surface area contributed by atoms with Crippen LogP contribution in [0.4, 0.5) is 0 Å². The molecule has 0 spiro atoms. The molecule has 176 valence electrons. The molecule has 0 saturated heterocycles. The molecule has 0 N–H and O–H groups in total. The highest BCUT2D eigenvalue weighted by Crippen LogP contribution is 2.55. The fourth-order valence-corrected chi connectivity index (χ4v) is 5.91. The minimum Gasteiger partial charge on any atom is -0.362 e. The minimum absolute atomic E-state index is 0.389. The second-order valence-electron chi connectivity index (χ2n) is 8.86. The molecule has 0 aliphatic carbocycles. The minimum atomic E-state index is -0.389. The third-order valence-corrected chi connectivity index (χ3v) is 7.56. The van der Waals surface area contributed by atoms with Crippen LogP contribution in [0.15, 0.2) is 0 Å². The van der Waals surface area contributed by atoms with Gasteiger partial charge in [0, 0.05) is 9.47 Å². The maximum absolute atomic E-state index is 6.13. The summed E-state index contributed by atoms with van der Waals surface area (Å²) in [6.45, 7) is 6.97. The van der Waals surface area contributed by atoms with Crippen molar-refractivity contribution in [2.24, 2.45) is 5.92 Å². The molecule has 29 heavy (non-hydrogen) atoms. The van der Waals surface area contributed by atoms with Crippen molar-refractivity contribution in [2.45, 2.75) is 142 Å². The Kier molecular flexibility index (Phi) is 24.1. The Labute approximate surface area is 191 Å². The van der Waals surface area contributed by atoms with Crippen LogP contribution >= 0.6 is 34.8 Å². The van der Waals surface area contributed by atoms with Gasteiger partial charge >= 0.3 is 0 Å². The van der Waals surface area contributed by atoms with E-state index < -0.39 is 0 Å². The highest BCUT2D eigenvalue weighted by Gasteiger charge is 2.11. The molecule has 0 aromatic carbocycles. The second-order valence-corrected chi connectivity index (χ2v) is 14.9. The second kappa shape index (κ2) is 22.8. The molecule has 0 aromatic heterocycles. The van der Waals surface area contributed by atoms with Crippen molar-refractivity contribution in [3.63, 3.8) is 0 Å². The first-order valence-corrected chi connectivity index (χ1v) is 17.3. The smallest absolute Gasteiger partial charge is 0.0643 e. The lowest BCUT2D eigenvalue weighted by Gasteiger charge is -2.20. The molecule has 6 atom stereocenters. The maximum atomic E-state index is 6.13. The van der Waals surface area contributed by atoms with Crippen molar-refractivity contribution in [2.75, 3.05) is 0 Å². The van der Waals surface area contributed by atoms with E-state index in [1.54, 1.807) is 0 Å². The first kappa shape index (κ1) is 30.6. The lowest BCUT2D eigenvalue weighted by atomic mass is 9.95. The van der Waals surface area contributed by atoms with Gasteiger partial charge in [0.05, 0.1) is 19.7 Å². The third-order valence-electron chi connectivity index (χ3n) is 5.90. The molecule has 0 heterocycles. The predicted octanol–water partition coefficient (Wildman–Crippen LogP) is 9.83. The van der Waals surface area contributed by atoms with Gasteiger partial charge in [0.15, 0.2) is 0 Å². The molecular weight excluding hydrogens is 432 g/mol. The van der Waals surface area contributed by atoms with E-state index in [9.17, 15) is 0 Å². The van der Waals surface area contributed by atoms with Gasteiger partial charge < -0.3 is 9.05 Å². The average molecular weight is 485 g/mol. The van der Waals surface area contributed by atoms with E-state index in [0.29, 0.717) is 12.2 Å². The van der Waals surface area contributed by atoms with Gasteiger partial charge in [0.1, 0.15) is 0 Å². The van der Waals surface area contributed by atoms with Gasteiger partial charge in [-0.3, -0.25) is 0 Å². The number of rotatable bonds is 22. The van der Waals surface area contributed by atoms with Crippen LogP contribution < -0.4 is 0 Å². The molecule has 0 aliphatic rings. The SMILES string of the molecule is CCCCCC(CCCCCC(C)CCCCCCC(CCC)OP)OP(P)P. The standard InChI is InChI=1S/C23H52O2P4/c1-4-6-10-19-23(25-29(27)28)20-14-9-12-17-21(3)16-11-7-8-13-18-22(24-26)15-5-2/h21-23H,4-20,26-28H2,1-3H3. The first-order chi connectivity index (χ1) is 14.0. The molecule has 0 aromatic rings. The van der Waals surface area contributed by atoms with Crippen LogP contribution in [0.3, 0.4) is 0 Å². The molecule has 0 amide bonds. The van der Waals surface area contributed by atoms with Crippen molar-refractivity contribution in [1.29, 1.82) is 0 Å². The Morgan fingerprint density at radius 1 is 0.621 bits per heavy atom. The summed E-state index contributed by atoms with van der Waals surface area (Å²) in [7, 11) is 7.69. The Balaban J connectivity index is 3.63. The van der Waals surface area contributed by atoms with Crippen molar-refractivity contribution < 1.29 is 9.05 Å². The van der Waals surface area contributed by atoms with Crippen molar-refractivity contribution in [3.05, 3.63) is 0 Å². The summed E-state index contributed by atoms with van der Waals surface area (Å²) in [5.74, 6) is 0.890. The number of hydrogen-bond acceptors (Lipinski definition) is 2. The van der Waals surface area contributed by atoms with Crippen LogP contribution in [0.2, 0.25) is 0 Å². The molecule has 6 unspecified atom stereocenters. The predicted molar refractivity (Wildman–Crippen MR) is 145 cm³/mol. The normalized spacial score (nSPS) is 15.0. The molecule has 6 heteroatoms. The molecule has 0 saturated carbocycles. The Bertz CT molecular complexity index is 332. The Hall–Kier alpha value is 1.64. The van der Waals surface area contributed by atoms with Gasteiger partial charge in [-0.05, 0) is 31.6 Å². The summed E-state index contributed by atoms with van der Waals surface area (Å²) in [5.41, 5.74) is 0. The van der Waals surface area contributed by atoms with Gasteiger partial charge in [-0.25, -0.2) is 0 Å². The average Bonchev–Trinajstić information content (AvgIpc) is 2.68. The molecule has 0 rings (SSSR count). The van der Waals surface area contributed by atoms with Crippen LogP contribution in [-0.4, -0.2) is 12.2 Å². The summed E-state index contributed by atoms with van der Waals surface area (Å²) >= 11 is 0. The first-order valence-electron chi connectivity index (χ1n) is 12.3. The zero-order valence-corrected chi connectivity index (χ0v) is 24.1. The van der Waals surface area contributed by atoms with Crippen LogP contribution in [0.5, 0.6) is 0 Å². The molecule has 0 radical (unpaired) electrons. The molecule has 2 nitrogen and oxygen atoms in total. The summed E-state index contributed by atoms with van der Waals surface area (Å²) < 4.78 is 11.6. The third kappa shape index (κ3) is 21.3. The van der Waals surface area contributed by atoms with Crippen LogP contribution in [0.25, 0.3) is 0 Å². The van der Waals surface area contributed by atoms with Crippen LogP contribution in [0.1, 0.15) is 130 Å². The zero-order chi connectivity index (χ0) is 21.7. The van der Waals surface area contributed by atoms with Gasteiger partial charge in [-0.2, -0.15) is 0 Å². The van der Waals surface area contributed by atoms with E-state index in [4.69, 9.17) is 9.05 Å². The zero-order valence-electron chi connectivity index (χ0n) is 19.7. The lowest BCUT2D eigenvalue weighted by molar-refractivity contribution is 0.201. The largest absolute Gasteiger partial charge is 0.362 e.